The lowest BCUT2D eigenvalue weighted by atomic mass is 10.1. The molecule has 22 heavy (non-hydrogen) atoms. The molecule has 1 aromatic heterocycles. The fourth-order valence-corrected chi connectivity index (χ4v) is 2.08. The molecule has 0 saturated carbocycles. The van der Waals surface area contributed by atoms with Crippen LogP contribution < -0.4 is 10.6 Å². The number of aromatic nitrogens is 1. The van der Waals surface area contributed by atoms with Crippen molar-refractivity contribution >= 4 is 11.6 Å². The number of benzene rings is 1. The average Bonchev–Trinajstić information content (AvgIpc) is 2.52. The van der Waals surface area contributed by atoms with Crippen LogP contribution in [0, 0.1) is 6.92 Å². The number of hydrogen-bond acceptors (Lipinski definition) is 4. The number of nitrogens with one attached hydrogen (secondary N) is 2. The van der Waals surface area contributed by atoms with Crippen molar-refractivity contribution in [1.82, 2.24) is 10.3 Å². The number of carbonyl (C=O) groups excluding carboxylic acids is 1. The highest BCUT2D eigenvalue weighted by Gasteiger charge is 2.02. The van der Waals surface area contributed by atoms with Gasteiger partial charge >= 0.3 is 0 Å². The molecule has 0 fully saturated rings. The zero-order valence-electron chi connectivity index (χ0n) is 12.7. The molecule has 0 saturated heterocycles. The van der Waals surface area contributed by atoms with Crippen LogP contribution >= 0.6 is 0 Å². The first kappa shape index (κ1) is 15.8. The molecule has 2 aromatic rings. The highest BCUT2D eigenvalue weighted by molar-refractivity contribution is 5.76. The number of aromatic hydroxyl groups is 1. The van der Waals surface area contributed by atoms with Crippen molar-refractivity contribution < 1.29 is 9.90 Å². The number of anilines is 1. The van der Waals surface area contributed by atoms with Crippen molar-refractivity contribution in [3.05, 3.63) is 53.9 Å². The SMILES string of the molecule is Cc1cnccc1NCCNC(=O)CCc1ccc(O)cc1. The smallest absolute Gasteiger partial charge is 0.220 e. The molecule has 0 bridgehead atoms. The van der Waals surface area contributed by atoms with Gasteiger partial charge < -0.3 is 15.7 Å². The van der Waals surface area contributed by atoms with E-state index in [2.05, 4.69) is 15.6 Å². The maximum absolute atomic E-state index is 11.8. The number of rotatable bonds is 7. The summed E-state index contributed by atoms with van der Waals surface area (Å²) in [7, 11) is 0. The van der Waals surface area contributed by atoms with E-state index in [0.717, 1.165) is 16.8 Å². The molecule has 0 unspecified atom stereocenters. The summed E-state index contributed by atoms with van der Waals surface area (Å²) in [5.41, 5.74) is 3.16. The Kier molecular flexibility index (Phi) is 5.77. The first-order valence-corrected chi connectivity index (χ1v) is 7.34. The van der Waals surface area contributed by atoms with Crippen LogP contribution in [0.15, 0.2) is 42.7 Å². The van der Waals surface area contributed by atoms with Crippen molar-refractivity contribution in [3.8, 4) is 5.75 Å². The van der Waals surface area contributed by atoms with Gasteiger partial charge in [0.1, 0.15) is 5.75 Å². The summed E-state index contributed by atoms with van der Waals surface area (Å²) in [6.07, 6.45) is 4.66. The van der Waals surface area contributed by atoms with Crippen LogP contribution in [0.25, 0.3) is 0 Å². The molecule has 2 rings (SSSR count). The first-order chi connectivity index (χ1) is 10.6. The van der Waals surface area contributed by atoms with E-state index in [-0.39, 0.29) is 11.7 Å². The highest BCUT2D eigenvalue weighted by Crippen LogP contribution is 2.11. The topological polar surface area (TPSA) is 74.2 Å². The minimum absolute atomic E-state index is 0.0290. The largest absolute Gasteiger partial charge is 0.508 e. The summed E-state index contributed by atoms with van der Waals surface area (Å²) >= 11 is 0. The average molecular weight is 299 g/mol. The maximum Gasteiger partial charge on any atom is 0.220 e. The number of phenols is 1. The van der Waals surface area contributed by atoms with Gasteiger partial charge in [-0.3, -0.25) is 9.78 Å². The summed E-state index contributed by atoms with van der Waals surface area (Å²) in [6, 6.07) is 8.84. The summed E-state index contributed by atoms with van der Waals surface area (Å²) in [6.45, 7) is 3.25. The van der Waals surface area contributed by atoms with Crippen LogP contribution in [0.1, 0.15) is 17.5 Å². The highest BCUT2D eigenvalue weighted by atomic mass is 16.3. The van der Waals surface area contributed by atoms with Crippen LogP contribution in [0.2, 0.25) is 0 Å². The van der Waals surface area contributed by atoms with Gasteiger partial charge in [-0.2, -0.15) is 0 Å². The van der Waals surface area contributed by atoms with E-state index in [0.29, 0.717) is 25.9 Å². The van der Waals surface area contributed by atoms with Crippen LogP contribution in [-0.4, -0.2) is 29.1 Å². The molecule has 116 valence electrons. The lowest BCUT2D eigenvalue weighted by Gasteiger charge is -2.10. The van der Waals surface area contributed by atoms with Crippen LogP contribution in [0.3, 0.4) is 0 Å². The van der Waals surface area contributed by atoms with Crippen LogP contribution in [0.5, 0.6) is 5.75 Å². The van der Waals surface area contributed by atoms with Gasteiger partial charge in [0, 0.05) is 37.6 Å². The number of pyridine rings is 1. The van der Waals surface area contributed by atoms with Crippen LogP contribution in [-0.2, 0) is 11.2 Å². The van der Waals surface area contributed by atoms with Gasteiger partial charge in [0.2, 0.25) is 5.91 Å². The number of amides is 1. The minimum Gasteiger partial charge on any atom is -0.508 e. The number of nitrogens with zero attached hydrogens (tertiary/aromatic N) is 1. The molecular weight excluding hydrogens is 278 g/mol. The molecule has 5 nitrogen and oxygen atoms in total. The van der Waals surface area contributed by atoms with Crippen molar-refractivity contribution in [2.24, 2.45) is 0 Å². The Morgan fingerprint density at radius 1 is 1.18 bits per heavy atom. The molecule has 0 spiro atoms. The lowest BCUT2D eigenvalue weighted by molar-refractivity contribution is -0.120. The normalized spacial score (nSPS) is 10.2. The number of hydrogen-bond donors (Lipinski definition) is 3. The standard InChI is InChI=1S/C17H21N3O2/c1-13-12-18-9-8-16(13)19-10-11-20-17(22)7-4-14-2-5-15(21)6-3-14/h2-3,5-6,8-9,12,21H,4,7,10-11H2,1H3,(H,18,19)(H,20,22). The van der Waals surface area contributed by atoms with E-state index in [1.165, 1.54) is 0 Å². The molecule has 0 aliphatic heterocycles. The Balaban J connectivity index is 1.64. The van der Waals surface area contributed by atoms with E-state index in [1.54, 1.807) is 24.5 Å². The third-order valence-electron chi connectivity index (χ3n) is 3.36. The molecule has 0 radical (unpaired) electrons. The maximum atomic E-state index is 11.8. The van der Waals surface area contributed by atoms with E-state index in [1.807, 2.05) is 25.1 Å². The summed E-state index contributed by atoms with van der Waals surface area (Å²) in [4.78, 5) is 15.8. The van der Waals surface area contributed by atoms with E-state index < -0.39 is 0 Å². The molecule has 0 atom stereocenters. The quantitative estimate of drug-likeness (QED) is 0.686. The van der Waals surface area contributed by atoms with E-state index >= 15 is 0 Å². The molecule has 1 aromatic carbocycles. The molecule has 1 amide bonds. The van der Waals surface area contributed by atoms with Crippen molar-refractivity contribution in [2.45, 2.75) is 19.8 Å². The number of carbonyl (C=O) groups is 1. The van der Waals surface area contributed by atoms with Gasteiger partial charge in [0.15, 0.2) is 0 Å². The van der Waals surface area contributed by atoms with Gasteiger partial charge in [-0.25, -0.2) is 0 Å². The van der Waals surface area contributed by atoms with Crippen molar-refractivity contribution in [2.75, 3.05) is 18.4 Å². The molecule has 1 heterocycles. The Morgan fingerprint density at radius 3 is 2.68 bits per heavy atom. The van der Waals surface area contributed by atoms with E-state index in [9.17, 15) is 9.90 Å². The Hall–Kier alpha value is -2.56. The predicted octanol–water partition coefficient (Wildman–Crippen LogP) is 2.26. The Labute approximate surface area is 130 Å². The third kappa shape index (κ3) is 5.09. The molecular formula is C17H21N3O2. The molecule has 3 N–H and O–H groups in total. The molecule has 0 aliphatic carbocycles. The second-order valence-electron chi connectivity index (χ2n) is 5.13. The zero-order valence-corrected chi connectivity index (χ0v) is 12.7. The summed E-state index contributed by atoms with van der Waals surface area (Å²) in [5, 5.41) is 15.4. The monoisotopic (exact) mass is 299 g/mol. The van der Waals surface area contributed by atoms with Gasteiger partial charge in [-0.05, 0) is 42.7 Å². The lowest BCUT2D eigenvalue weighted by Crippen LogP contribution is -2.29. The van der Waals surface area contributed by atoms with Crippen molar-refractivity contribution in [1.29, 1.82) is 0 Å². The van der Waals surface area contributed by atoms with Gasteiger partial charge in [0.05, 0.1) is 0 Å². The fourth-order valence-electron chi connectivity index (χ4n) is 2.08. The van der Waals surface area contributed by atoms with Gasteiger partial charge in [0.25, 0.3) is 0 Å². The van der Waals surface area contributed by atoms with Gasteiger partial charge in [-0.15, -0.1) is 0 Å². The second kappa shape index (κ2) is 8.02. The number of aryl methyl sites for hydroxylation is 2. The Bertz CT molecular complexity index is 612. The zero-order chi connectivity index (χ0) is 15.8. The van der Waals surface area contributed by atoms with Crippen LogP contribution in [0.4, 0.5) is 5.69 Å². The van der Waals surface area contributed by atoms with Crippen molar-refractivity contribution in [3.63, 3.8) is 0 Å². The van der Waals surface area contributed by atoms with Gasteiger partial charge in [-0.1, -0.05) is 12.1 Å². The minimum atomic E-state index is 0.0290. The molecule has 0 aliphatic rings. The molecule has 5 heteroatoms. The first-order valence-electron chi connectivity index (χ1n) is 7.34. The number of phenolic OH excluding ortho intramolecular Hbond substituents is 1. The Morgan fingerprint density at radius 2 is 1.95 bits per heavy atom. The van der Waals surface area contributed by atoms with E-state index in [4.69, 9.17) is 0 Å². The predicted molar refractivity (Wildman–Crippen MR) is 86.9 cm³/mol. The summed E-state index contributed by atoms with van der Waals surface area (Å²) < 4.78 is 0. The third-order valence-corrected chi connectivity index (χ3v) is 3.36. The fraction of sp³-hybridized carbons (Fsp3) is 0.294. The summed E-state index contributed by atoms with van der Waals surface area (Å²) in [5.74, 6) is 0.270. The second-order valence-corrected chi connectivity index (χ2v) is 5.13.